The number of aromatic hydroxyl groups is 1. The fourth-order valence-corrected chi connectivity index (χ4v) is 4.57. The van der Waals surface area contributed by atoms with Crippen molar-refractivity contribution in [2.24, 2.45) is 0 Å². The van der Waals surface area contributed by atoms with E-state index in [0.717, 1.165) is 11.1 Å². The molecule has 5 rings (SSSR count). The third-order valence-electron chi connectivity index (χ3n) is 5.81. The number of H-pyrrole nitrogens is 1. The highest BCUT2D eigenvalue weighted by molar-refractivity contribution is 6.31. The van der Waals surface area contributed by atoms with Crippen LogP contribution in [0.5, 0.6) is 11.5 Å². The van der Waals surface area contributed by atoms with E-state index < -0.39 is 6.04 Å². The minimum Gasteiger partial charge on any atom is -0.507 e. The smallest absolute Gasteiger partial charge is 0.273 e. The van der Waals surface area contributed by atoms with Crippen molar-refractivity contribution in [2.75, 3.05) is 7.11 Å². The summed E-state index contributed by atoms with van der Waals surface area (Å²) in [6.45, 7) is 0.304. The van der Waals surface area contributed by atoms with Crippen molar-refractivity contribution >= 4 is 29.1 Å². The van der Waals surface area contributed by atoms with Gasteiger partial charge in [0.1, 0.15) is 22.9 Å². The van der Waals surface area contributed by atoms with E-state index in [9.17, 15) is 9.90 Å². The Labute approximate surface area is 200 Å². The van der Waals surface area contributed by atoms with E-state index in [1.807, 2.05) is 42.5 Å². The maximum Gasteiger partial charge on any atom is 0.273 e. The Balaban J connectivity index is 1.67. The van der Waals surface area contributed by atoms with Crippen LogP contribution in [0.25, 0.3) is 11.3 Å². The van der Waals surface area contributed by atoms with Gasteiger partial charge in [0.15, 0.2) is 0 Å². The number of nitrogens with zero attached hydrogens (tertiary/aromatic N) is 2. The Morgan fingerprint density at radius 2 is 1.85 bits per heavy atom. The summed E-state index contributed by atoms with van der Waals surface area (Å²) in [4.78, 5) is 15.3. The lowest BCUT2D eigenvalue weighted by molar-refractivity contribution is 0.0730. The quantitative estimate of drug-likeness (QED) is 0.376. The van der Waals surface area contributed by atoms with Crippen LogP contribution in [0.1, 0.15) is 33.2 Å². The van der Waals surface area contributed by atoms with Crippen molar-refractivity contribution in [1.82, 2.24) is 15.1 Å². The maximum absolute atomic E-state index is 13.5. The number of aromatic nitrogens is 2. The van der Waals surface area contributed by atoms with Gasteiger partial charge in [-0.3, -0.25) is 9.89 Å². The van der Waals surface area contributed by atoms with Crippen LogP contribution in [-0.4, -0.2) is 33.2 Å². The molecule has 0 aliphatic carbocycles. The van der Waals surface area contributed by atoms with Crippen LogP contribution >= 0.6 is 23.2 Å². The fourth-order valence-electron chi connectivity index (χ4n) is 4.21. The van der Waals surface area contributed by atoms with Gasteiger partial charge in [-0.05, 0) is 47.5 Å². The van der Waals surface area contributed by atoms with E-state index in [4.69, 9.17) is 27.9 Å². The van der Waals surface area contributed by atoms with Gasteiger partial charge in [0.2, 0.25) is 0 Å². The molecule has 2 N–H and O–H groups in total. The van der Waals surface area contributed by atoms with E-state index in [1.165, 1.54) is 6.07 Å². The highest BCUT2D eigenvalue weighted by Crippen LogP contribution is 2.46. The Morgan fingerprint density at radius 1 is 1.09 bits per heavy atom. The molecule has 1 aliphatic heterocycles. The zero-order valence-electron chi connectivity index (χ0n) is 17.5. The topological polar surface area (TPSA) is 78.5 Å². The highest BCUT2D eigenvalue weighted by atomic mass is 35.5. The first kappa shape index (κ1) is 21.4. The number of amides is 1. The third kappa shape index (κ3) is 3.71. The minimum atomic E-state index is -0.457. The van der Waals surface area contributed by atoms with Crippen molar-refractivity contribution in [3.63, 3.8) is 0 Å². The number of aromatic amines is 1. The molecule has 4 aromatic rings. The number of carbonyl (C=O) groups excluding carboxylic acids is 1. The summed E-state index contributed by atoms with van der Waals surface area (Å²) >= 11 is 12.6. The van der Waals surface area contributed by atoms with Crippen LogP contribution in [0, 0.1) is 0 Å². The number of ether oxygens (including phenoxy) is 1. The molecule has 1 amide bonds. The molecule has 6 nitrogen and oxygen atoms in total. The van der Waals surface area contributed by atoms with Crippen LogP contribution < -0.4 is 4.74 Å². The molecule has 2 heterocycles. The number of nitrogens with one attached hydrogen (secondary N) is 1. The van der Waals surface area contributed by atoms with Crippen LogP contribution in [-0.2, 0) is 6.54 Å². The SMILES string of the molecule is COc1ccc(C2c3c(-c4cc(Cl)ccc4O)n[nH]c3C(=O)N2Cc2ccccc2Cl)cc1. The number of fused-ring (bicyclic) bond motifs is 1. The number of rotatable bonds is 5. The summed E-state index contributed by atoms with van der Waals surface area (Å²) in [6.07, 6.45) is 0. The molecule has 1 unspecified atom stereocenters. The second kappa shape index (κ2) is 8.46. The van der Waals surface area contributed by atoms with Gasteiger partial charge in [-0.25, -0.2) is 0 Å². The molecule has 0 fully saturated rings. The average Bonchev–Trinajstić information content (AvgIpc) is 3.36. The third-order valence-corrected chi connectivity index (χ3v) is 6.41. The van der Waals surface area contributed by atoms with Crippen molar-refractivity contribution in [3.8, 4) is 22.8 Å². The first-order valence-electron chi connectivity index (χ1n) is 10.2. The van der Waals surface area contributed by atoms with Crippen LogP contribution in [0.4, 0.5) is 0 Å². The Hall–Kier alpha value is -3.48. The summed E-state index contributed by atoms with van der Waals surface area (Å²) in [7, 11) is 1.60. The summed E-state index contributed by atoms with van der Waals surface area (Å²) in [5.74, 6) is 0.533. The minimum absolute atomic E-state index is 0.0270. The normalized spacial score (nSPS) is 15.1. The molecule has 0 saturated carbocycles. The lowest BCUT2D eigenvalue weighted by Crippen LogP contribution is -2.29. The molecule has 1 aliphatic rings. The van der Waals surface area contributed by atoms with Gasteiger partial charge in [0.25, 0.3) is 5.91 Å². The predicted octanol–water partition coefficient (Wildman–Crippen LogP) is 5.84. The van der Waals surface area contributed by atoms with E-state index in [2.05, 4.69) is 10.2 Å². The van der Waals surface area contributed by atoms with Gasteiger partial charge in [0.05, 0.1) is 13.2 Å². The fraction of sp³-hybridized carbons (Fsp3) is 0.120. The van der Waals surface area contributed by atoms with Crippen molar-refractivity contribution in [2.45, 2.75) is 12.6 Å². The molecule has 0 spiro atoms. The van der Waals surface area contributed by atoms with Gasteiger partial charge in [-0.15, -0.1) is 0 Å². The summed E-state index contributed by atoms with van der Waals surface area (Å²) in [5.41, 5.74) is 3.68. The van der Waals surface area contributed by atoms with Crippen LogP contribution in [0.3, 0.4) is 0 Å². The van der Waals surface area contributed by atoms with Crippen molar-refractivity contribution < 1.29 is 14.6 Å². The Morgan fingerprint density at radius 3 is 2.58 bits per heavy atom. The number of carbonyl (C=O) groups is 1. The van der Waals surface area contributed by atoms with E-state index in [1.54, 1.807) is 30.2 Å². The number of phenolic OH excluding ortho intramolecular Hbond substituents is 1. The molecule has 0 saturated heterocycles. The molecule has 33 heavy (non-hydrogen) atoms. The molecule has 3 aromatic carbocycles. The predicted molar refractivity (Wildman–Crippen MR) is 127 cm³/mol. The number of hydrogen-bond donors (Lipinski definition) is 2. The van der Waals surface area contributed by atoms with E-state index in [0.29, 0.717) is 44.9 Å². The molecule has 1 atom stereocenters. The van der Waals surface area contributed by atoms with E-state index >= 15 is 0 Å². The van der Waals surface area contributed by atoms with Gasteiger partial charge in [0, 0.05) is 27.7 Å². The maximum atomic E-state index is 13.5. The molecule has 0 radical (unpaired) electrons. The first-order chi connectivity index (χ1) is 16.0. The second-order valence-corrected chi connectivity index (χ2v) is 8.57. The van der Waals surface area contributed by atoms with Gasteiger partial charge in [-0.1, -0.05) is 53.5 Å². The van der Waals surface area contributed by atoms with E-state index in [-0.39, 0.29) is 11.7 Å². The zero-order valence-corrected chi connectivity index (χ0v) is 19.1. The monoisotopic (exact) mass is 479 g/mol. The number of methoxy groups -OCH3 is 1. The molecular formula is C25H19Cl2N3O3. The lowest BCUT2D eigenvalue weighted by atomic mass is 9.95. The number of halogens is 2. The average molecular weight is 480 g/mol. The standard InChI is InChI=1S/C25H19Cl2N3O3/c1-33-17-9-6-14(7-10-17)24-21-22(18-12-16(26)8-11-20(18)31)28-29-23(21)25(32)30(24)13-15-4-2-3-5-19(15)27/h2-12,24,31H,13H2,1H3,(H,28,29). The Bertz CT molecular complexity index is 1350. The molecule has 0 bridgehead atoms. The zero-order chi connectivity index (χ0) is 23.1. The largest absolute Gasteiger partial charge is 0.507 e. The van der Waals surface area contributed by atoms with Crippen molar-refractivity contribution in [1.29, 1.82) is 0 Å². The lowest BCUT2D eigenvalue weighted by Gasteiger charge is -2.27. The van der Waals surface area contributed by atoms with Gasteiger partial charge in [-0.2, -0.15) is 5.10 Å². The van der Waals surface area contributed by atoms with Gasteiger partial charge < -0.3 is 14.7 Å². The van der Waals surface area contributed by atoms with Crippen LogP contribution in [0.15, 0.2) is 66.7 Å². The molecule has 8 heteroatoms. The number of phenols is 1. The van der Waals surface area contributed by atoms with Gasteiger partial charge >= 0.3 is 0 Å². The first-order valence-corrected chi connectivity index (χ1v) is 11.0. The molecule has 1 aromatic heterocycles. The Kier molecular flexibility index (Phi) is 5.48. The van der Waals surface area contributed by atoms with Crippen LogP contribution in [0.2, 0.25) is 10.0 Å². The highest BCUT2D eigenvalue weighted by Gasteiger charge is 2.42. The summed E-state index contributed by atoms with van der Waals surface area (Å²) in [5, 5.41) is 18.8. The summed E-state index contributed by atoms with van der Waals surface area (Å²) in [6, 6.07) is 19.3. The number of benzene rings is 3. The van der Waals surface area contributed by atoms with Crippen molar-refractivity contribution in [3.05, 3.63) is 99.2 Å². The molecular weight excluding hydrogens is 461 g/mol. The summed E-state index contributed by atoms with van der Waals surface area (Å²) < 4.78 is 5.30. The number of hydrogen-bond acceptors (Lipinski definition) is 4. The second-order valence-electron chi connectivity index (χ2n) is 7.72. The molecule has 166 valence electrons.